The van der Waals surface area contributed by atoms with E-state index in [-0.39, 0.29) is 11.6 Å². The summed E-state index contributed by atoms with van der Waals surface area (Å²) >= 11 is 3.31. The summed E-state index contributed by atoms with van der Waals surface area (Å²) in [6.07, 6.45) is 0. The van der Waals surface area contributed by atoms with Crippen LogP contribution in [-0.2, 0) is 9.47 Å². The van der Waals surface area contributed by atoms with E-state index in [2.05, 4.69) is 15.9 Å². The number of nitrogen functional groups attached to an aromatic ring is 2. The number of anilines is 2. The number of carbonyl (C=O) groups excluding carboxylic acids is 1. The van der Waals surface area contributed by atoms with Crippen molar-refractivity contribution >= 4 is 33.2 Å². The monoisotopic (exact) mass is 345 g/mol. The summed E-state index contributed by atoms with van der Waals surface area (Å²) in [5, 5.41) is 0. The number of hydrogen-bond donors (Lipinski definition) is 2. The maximum Gasteiger partial charge on any atom is 0.256 e. The van der Waals surface area contributed by atoms with Crippen molar-refractivity contribution in [1.82, 2.24) is 4.90 Å². The molecule has 4 N–H and O–H groups in total. The van der Waals surface area contributed by atoms with Crippen LogP contribution in [-0.4, -0.2) is 51.3 Å². The first-order valence-corrected chi connectivity index (χ1v) is 6.92. The summed E-state index contributed by atoms with van der Waals surface area (Å²) in [6.45, 7) is 1.81. The Kier molecular flexibility index (Phi) is 6.77. The molecule has 0 fully saturated rings. The zero-order valence-corrected chi connectivity index (χ0v) is 13.3. The van der Waals surface area contributed by atoms with Crippen LogP contribution in [0, 0.1) is 0 Å². The Labute approximate surface area is 127 Å². The van der Waals surface area contributed by atoms with E-state index in [1.165, 1.54) is 0 Å². The molecule has 0 heterocycles. The van der Waals surface area contributed by atoms with Gasteiger partial charge in [0.2, 0.25) is 0 Å². The highest BCUT2D eigenvalue weighted by Gasteiger charge is 2.19. The predicted molar refractivity (Wildman–Crippen MR) is 82.6 cm³/mol. The van der Waals surface area contributed by atoms with Gasteiger partial charge in [0, 0.05) is 31.8 Å². The minimum Gasteiger partial charge on any atom is -0.397 e. The van der Waals surface area contributed by atoms with Crippen molar-refractivity contribution in [1.29, 1.82) is 0 Å². The molecule has 0 radical (unpaired) electrons. The highest BCUT2D eigenvalue weighted by molar-refractivity contribution is 9.10. The zero-order valence-electron chi connectivity index (χ0n) is 11.7. The fraction of sp³-hybridized carbons (Fsp3) is 0.462. The van der Waals surface area contributed by atoms with E-state index in [9.17, 15) is 4.79 Å². The first kappa shape index (κ1) is 16.7. The van der Waals surface area contributed by atoms with Gasteiger partial charge in [-0.2, -0.15) is 0 Å². The number of hydrogen-bond acceptors (Lipinski definition) is 5. The fourth-order valence-electron chi connectivity index (χ4n) is 1.70. The molecule has 0 aromatic heterocycles. The molecule has 0 aliphatic heterocycles. The Morgan fingerprint density at radius 2 is 1.75 bits per heavy atom. The van der Waals surface area contributed by atoms with Crippen LogP contribution in [0.15, 0.2) is 16.6 Å². The van der Waals surface area contributed by atoms with Gasteiger partial charge >= 0.3 is 0 Å². The highest BCUT2D eigenvalue weighted by Crippen LogP contribution is 2.26. The highest BCUT2D eigenvalue weighted by atomic mass is 79.9. The van der Waals surface area contributed by atoms with Crippen molar-refractivity contribution in [3.63, 3.8) is 0 Å². The first-order valence-electron chi connectivity index (χ1n) is 6.13. The number of rotatable bonds is 7. The van der Waals surface area contributed by atoms with E-state index in [4.69, 9.17) is 20.9 Å². The normalized spacial score (nSPS) is 10.6. The van der Waals surface area contributed by atoms with Crippen molar-refractivity contribution < 1.29 is 14.3 Å². The lowest BCUT2D eigenvalue weighted by Crippen LogP contribution is -2.37. The molecule has 1 amide bonds. The molecule has 6 nitrogen and oxygen atoms in total. The third-order valence-corrected chi connectivity index (χ3v) is 3.28. The maximum atomic E-state index is 12.5. The number of benzene rings is 1. The Morgan fingerprint density at radius 1 is 1.20 bits per heavy atom. The van der Waals surface area contributed by atoms with E-state index in [0.29, 0.717) is 42.0 Å². The molecule has 1 aromatic carbocycles. The summed E-state index contributed by atoms with van der Waals surface area (Å²) in [7, 11) is 3.18. The number of carbonyl (C=O) groups is 1. The SMILES string of the molecule is COCCN(CCOC)C(=O)c1cc(Br)cc(N)c1N. The molecule has 1 rings (SSSR count). The average molecular weight is 346 g/mol. The summed E-state index contributed by atoms with van der Waals surface area (Å²) in [5.74, 6) is -0.190. The van der Waals surface area contributed by atoms with Gasteiger partial charge in [-0.3, -0.25) is 4.79 Å². The number of methoxy groups -OCH3 is 2. The lowest BCUT2D eigenvalue weighted by atomic mass is 10.1. The van der Waals surface area contributed by atoms with Crippen LogP contribution in [0.1, 0.15) is 10.4 Å². The van der Waals surface area contributed by atoms with Gasteiger partial charge in [-0.1, -0.05) is 15.9 Å². The molecule has 0 atom stereocenters. The number of nitrogens with zero attached hydrogens (tertiary/aromatic N) is 1. The topological polar surface area (TPSA) is 90.8 Å². The summed E-state index contributed by atoms with van der Waals surface area (Å²) in [4.78, 5) is 14.2. The lowest BCUT2D eigenvalue weighted by Gasteiger charge is -2.23. The maximum absolute atomic E-state index is 12.5. The molecule has 0 spiro atoms. The van der Waals surface area contributed by atoms with E-state index in [0.717, 1.165) is 0 Å². The molecule has 0 bridgehead atoms. The van der Waals surface area contributed by atoms with E-state index in [1.807, 2.05) is 0 Å². The van der Waals surface area contributed by atoms with Crippen molar-refractivity contribution in [2.45, 2.75) is 0 Å². The Balaban J connectivity index is 2.98. The molecule has 0 aliphatic rings. The van der Waals surface area contributed by atoms with E-state index in [1.54, 1.807) is 31.3 Å². The van der Waals surface area contributed by atoms with Crippen LogP contribution in [0.4, 0.5) is 11.4 Å². The molecule has 20 heavy (non-hydrogen) atoms. The lowest BCUT2D eigenvalue weighted by molar-refractivity contribution is 0.0628. The van der Waals surface area contributed by atoms with Gasteiger partial charge in [-0.25, -0.2) is 0 Å². The molecule has 7 heteroatoms. The van der Waals surface area contributed by atoms with E-state index < -0.39 is 0 Å². The van der Waals surface area contributed by atoms with Gasteiger partial charge in [0.05, 0.1) is 30.2 Å². The van der Waals surface area contributed by atoms with Crippen molar-refractivity contribution in [2.75, 3.05) is 52.0 Å². The smallest absolute Gasteiger partial charge is 0.256 e. The molecule has 112 valence electrons. The molecule has 0 saturated heterocycles. The van der Waals surface area contributed by atoms with E-state index >= 15 is 0 Å². The number of amides is 1. The first-order chi connectivity index (χ1) is 9.51. The van der Waals surface area contributed by atoms with Gasteiger partial charge < -0.3 is 25.8 Å². The third-order valence-electron chi connectivity index (χ3n) is 2.83. The zero-order chi connectivity index (χ0) is 15.1. The standard InChI is InChI=1S/C13H20BrN3O3/c1-19-5-3-17(4-6-20-2)13(18)10-7-9(14)8-11(15)12(10)16/h7-8H,3-6,15-16H2,1-2H3. The molecule has 0 unspecified atom stereocenters. The number of nitrogens with two attached hydrogens (primary N) is 2. The molecule has 1 aromatic rings. The molecular weight excluding hydrogens is 326 g/mol. The minimum atomic E-state index is -0.190. The summed E-state index contributed by atoms with van der Waals surface area (Å²) in [5.41, 5.74) is 12.7. The summed E-state index contributed by atoms with van der Waals surface area (Å²) < 4.78 is 10.7. The van der Waals surface area contributed by atoms with Crippen molar-refractivity contribution in [2.24, 2.45) is 0 Å². The minimum absolute atomic E-state index is 0.190. The summed E-state index contributed by atoms with van der Waals surface area (Å²) in [6, 6.07) is 3.33. The van der Waals surface area contributed by atoms with Crippen LogP contribution in [0.25, 0.3) is 0 Å². The largest absolute Gasteiger partial charge is 0.397 e. The second-order valence-corrected chi connectivity index (χ2v) is 5.15. The van der Waals surface area contributed by atoms with Crippen LogP contribution >= 0.6 is 15.9 Å². The third kappa shape index (κ3) is 4.36. The van der Waals surface area contributed by atoms with Crippen LogP contribution in [0.3, 0.4) is 0 Å². The average Bonchev–Trinajstić information content (AvgIpc) is 2.42. The Bertz CT molecular complexity index is 460. The van der Waals surface area contributed by atoms with Gasteiger partial charge in [0.15, 0.2) is 0 Å². The predicted octanol–water partition coefficient (Wildman–Crippen LogP) is 1.35. The second-order valence-electron chi connectivity index (χ2n) is 4.23. The van der Waals surface area contributed by atoms with Crippen molar-refractivity contribution in [3.8, 4) is 0 Å². The molecular formula is C13H20BrN3O3. The van der Waals surface area contributed by atoms with Crippen LogP contribution in [0.2, 0.25) is 0 Å². The number of ether oxygens (including phenoxy) is 2. The van der Waals surface area contributed by atoms with Crippen LogP contribution in [0.5, 0.6) is 0 Å². The quantitative estimate of drug-likeness (QED) is 0.728. The fourth-order valence-corrected chi connectivity index (χ4v) is 2.18. The van der Waals surface area contributed by atoms with Crippen molar-refractivity contribution in [3.05, 3.63) is 22.2 Å². The molecule has 0 aliphatic carbocycles. The van der Waals surface area contributed by atoms with Gasteiger partial charge in [-0.05, 0) is 12.1 Å². The van der Waals surface area contributed by atoms with Gasteiger partial charge in [0.1, 0.15) is 0 Å². The molecule has 0 saturated carbocycles. The Morgan fingerprint density at radius 3 is 2.25 bits per heavy atom. The van der Waals surface area contributed by atoms with Gasteiger partial charge in [0.25, 0.3) is 5.91 Å². The Hall–Kier alpha value is -1.31. The number of halogens is 1. The van der Waals surface area contributed by atoms with Crippen LogP contribution < -0.4 is 11.5 Å². The van der Waals surface area contributed by atoms with Gasteiger partial charge in [-0.15, -0.1) is 0 Å². The second kappa shape index (κ2) is 8.08.